The topological polar surface area (TPSA) is 87.1 Å². The van der Waals surface area contributed by atoms with Gasteiger partial charge in [0.2, 0.25) is 22.5 Å². The summed E-state index contributed by atoms with van der Waals surface area (Å²) in [5.74, 6) is 0.922. The van der Waals surface area contributed by atoms with Crippen LogP contribution >= 0.6 is 0 Å². The summed E-state index contributed by atoms with van der Waals surface area (Å²) in [4.78, 5) is 24.0. The maximum atomic E-state index is 5.79. The maximum absolute atomic E-state index is 5.79. The lowest BCUT2D eigenvalue weighted by atomic mass is 10.2. The van der Waals surface area contributed by atoms with Crippen molar-refractivity contribution in [2.24, 2.45) is 5.73 Å². The fourth-order valence-corrected chi connectivity index (χ4v) is 1.93. The highest BCUT2D eigenvalue weighted by atomic mass is 17.2. The summed E-state index contributed by atoms with van der Waals surface area (Å²) in [5, 5.41) is 0. The standard InChI is InChI=1S/C14H12NO5.CH5N/c1-16-19-11-7-3-5-9-13(11)15-14-10(18-9)6-4-8-12(14)20-17-2;1-2/h3-8H,1-2H3;2H2,1H3/q+1;. The van der Waals surface area contributed by atoms with Crippen LogP contribution in [0.2, 0.25) is 0 Å². The normalized spacial score (nSPS) is 10.2. The first-order valence-corrected chi connectivity index (χ1v) is 6.48. The quantitative estimate of drug-likeness (QED) is 0.343. The summed E-state index contributed by atoms with van der Waals surface area (Å²) in [6.45, 7) is 0. The molecule has 3 rings (SSSR count). The minimum Gasteiger partial charge on any atom is -0.335 e. The Balaban J connectivity index is 0.000000847. The Morgan fingerprint density at radius 2 is 1.27 bits per heavy atom. The fraction of sp³-hybridized carbons (Fsp3) is 0.200. The molecule has 0 amide bonds. The van der Waals surface area contributed by atoms with Gasteiger partial charge >= 0.3 is 11.2 Å². The molecule has 0 spiro atoms. The Hall–Kier alpha value is -2.48. The Morgan fingerprint density at radius 3 is 1.68 bits per heavy atom. The van der Waals surface area contributed by atoms with Crippen molar-refractivity contribution in [3.63, 3.8) is 0 Å². The molecule has 1 aromatic heterocycles. The van der Waals surface area contributed by atoms with Crippen molar-refractivity contribution < 1.29 is 24.0 Å². The molecular formula is C15H17N2O5+. The highest BCUT2D eigenvalue weighted by Gasteiger charge is 2.20. The van der Waals surface area contributed by atoms with E-state index < -0.39 is 0 Å². The first-order valence-electron chi connectivity index (χ1n) is 6.48. The molecule has 0 radical (unpaired) electrons. The van der Waals surface area contributed by atoms with Crippen molar-refractivity contribution in [1.29, 1.82) is 0 Å². The van der Waals surface area contributed by atoms with Gasteiger partial charge in [-0.15, -0.1) is 0 Å². The number of nitrogens with two attached hydrogens (primary N) is 1. The Kier molecular flexibility index (Phi) is 5.42. The molecule has 0 aliphatic carbocycles. The summed E-state index contributed by atoms with van der Waals surface area (Å²) < 4.78 is 5.79. The van der Waals surface area contributed by atoms with E-state index in [1.54, 1.807) is 36.4 Å². The van der Waals surface area contributed by atoms with E-state index in [1.165, 1.54) is 21.3 Å². The molecule has 116 valence electrons. The van der Waals surface area contributed by atoms with E-state index in [0.29, 0.717) is 33.7 Å². The van der Waals surface area contributed by atoms with Gasteiger partial charge in [0, 0.05) is 12.1 Å². The molecule has 1 heterocycles. The van der Waals surface area contributed by atoms with Crippen LogP contribution < -0.4 is 15.5 Å². The van der Waals surface area contributed by atoms with E-state index in [-0.39, 0.29) is 0 Å². The molecule has 3 aromatic rings. The Morgan fingerprint density at radius 1 is 0.818 bits per heavy atom. The zero-order chi connectivity index (χ0) is 15.9. The molecule has 0 bridgehead atoms. The van der Waals surface area contributed by atoms with E-state index in [4.69, 9.17) is 14.2 Å². The lowest BCUT2D eigenvalue weighted by Gasteiger charge is -2.03. The van der Waals surface area contributed by atoms with Crippen molar-refractivity contribution in [3.8, 4) is 11.5 Å². The van der Waals surface area contributed by atoms with Gasteiger partial charge in [-0.25, -0.2) is 9.40 Å². The third kappa shape index (κ3) is 3.06. The average Bonchev–Trinajstić information content (AvgIpc) is 2.56. The largest absolute Gasteiger partial charge is 0.383 e. The summed E-state index contributed by atoms with van der Waals surface area (Å²) in [5.41, 5.74) is 6.74. The Bertz CT molecular complexity index is 702. The van der Waals surface area contributed by atoms with Gasteiger partial charge in [0.05, 0.1) is 14.2 Å². The molecule has 2 N–H and O–H groups in total. The van der Waals surface area contributed by atoms with Crippen LogP contribution in [0.4, 0.5) is 0 Å². The maximum Gasteiger partial charge on any atom is 0.383 e. The molecule has 0 aliphatic rings. The van der Waals surface area contributed by atoms with Gasteiger partial charge in [-0.1, -0.05) is 0 Å². The number of benzene rings is 2. The van der Waals surface area contributed by atoms with Crippen LogP contribution in [-0.4, -0.2) is 26.3 Å². The van der Waals surface area contributed by atoms with Crippen molar-refractivity contribution >= 4 is 22.2 Å². The second-order valence-electron chi connectivity index (χ2n) is 3.92. The van der Waals surface area contributed by atoms with E-state index in [9.17, 15) is 0 Å². The molecule has 7 heteroatoms. The SMILES string of the molecule is CN.COOc1cccc2[o+]c3cccc(OOC)c3nc12. The number of hydrogen-bond acceptors (Lipinski definition) is 6. The lowest BCUT2D eigenvalue weighted by Crippen LogP contribution is -1.95. The highest BCUT2D eigenvalue weighted by Crippen LogP contribution is 2.31. The van der Waals surface area contributed by atoms with Gasteiger partial charge in [0.15, 0.2) is 0 Å². The second kappa shape index (κ2) is 7.51. The molecule has 0 fully saturated rings. The first-order chi connectivity index (χ1) is 10.8. The van der Waals surface area contributed by atoms with Gasteiger partial charge in [0.25, 0.3) is 0 Å². The summed E-state index contributed by atoms with van der Waals surface area (Å²) in [6.07, 6.45) is 0. The van der Waals surface area contributed by atoms with Crippen molar-refractivity contribution in [2.75, 3.05) is 21.3 Å². The molecule has 0 unspecified atom stereocenters. The number of nitrogens with zero attached hydrogens (tertiary/aromatic N) is 1. The van der Waals surface area contributed by atoms with Crippen molar-refractivity contribution in [1.82, 2.24) is 4.98 Å². The minimum atomic E-state index is 0.461. The second-order valence-corrected chi connectivity index (χ2v) is 3.92. The van der Waals surface area contributed by atoms with Crippen molar-refractivity contribution in [3.05, 3.63) is 36.4 Å². The predicted octanol–water partition coefficient (Wildman–Crippen LogP) is 2.72. The number of para-hydroxylation sites is 2. The summed E-state index contributed by atoms with van der Waals surface area (Å²) in [7, 11) is 4.35. The van der Waals surface area contributed by atoms with Gasteiger partial charge in [0.1, 0.15) is 0 Å². The summed E-state index contributed by atoms with van der Waals surface area (Å²) >= 11 is 0. The van der Waals surface area contributed by atoms with Crippen LogP contribution in [0, 0.1) is 0 Å². The zero-order valence-electron chi connectivity index (χ0n) is 12.5. The van der Waals surface area contributed by atoms with E-state index in [1.807, 2.05) is 0 Å². The molecule has 0 atom stereocenters. The third-order valence-corrected chi connectivity index (χ3v) is 2.71. The molecule has 0 aliphatic heterocycles. The number of rotatable bonds is 4. The fourth-order valence-electron chi connectivity index (χ4n) is 1.93. The first kappa shape index (κ1) is 15.9. The minimum absolute atomic E-state index is 0.461. The molecular weight excluding hydrogens is 288 g/mol. The number of aromatic nitrogens is 1. The van der Waals surface area contributed by atoms with Crippen LogP contribution in [0.5, 0.6) is 11.5 Å². The number of fused-ring (bicyclic) bond motifs is 2. The predicted molar refractivity (Wildman–Crippen MR) is 81.3 cm³/mol. The molecule has 0 saturated heterocycles. The van der Waals surface area contributed by atoms with Crippen LogP contribution in [0.15, 0.2) is 40.8 Å². The van der Waals surface area contributed by atoms with Crippen LogP contribution in [0.3, 0.4) is 0 Å². The van der Waals surface area contributed by atoms with Crippen LogP contribution in [0.1, 0.15) is 0 Å². The van der Waals surface area contributed by atoms with Crippen LogP contribution in [-0.2, 0) is 9.78 Å². The molecule has 2 aromatic carbocycles. The van der Waals surface area contributed by atoms with Gasteiger partial charge in [-0.05, 0) is 31.3 Å². The average molecular weight is 305 g/mol. The van der Waals surface area contributed by atoms with Crippen LogP contribution in [0.25, 0.3) is 22.2 Å². The van der Waals surface area contributed by atoms with E-state index >= 15 is 0 Å². The number of hydrogen-bond donors (Lipinski definition) is 1. The smallest absolute Gasteiger partial charge is 0.335 e. The molecule has 22 heavy (non-hydrogen) atoms. The molecule has 0 saturated carbocycles. The van der Waals surface area contributed by atoms with Gasteiger partial charge < -0.3 is 15.5 Å². The van der Waals surface area contributed by atoms with Crippen molar-refractivity contribution in [2.45, 2.75) is 0 Å². The van der Waals surface area contributed by atoms with Gasteiger partial charge in [-0.2, -0.15) is 9.78 Å². The van der Waals surface area contributed by atoms with Gasteiger partial charge in [-0.3, -0.25) is 0 Å². The highest BCUT2D eigenvalue weighted by molar-refractivity contribution is 5.89. The third-order valence-electron chi connectivity index (χ3n) is 2.71. The Labute approximate surface area is 127 Å². The zero-order valence-corrected chi connectivity index (χ0v) is 12.5. The van der Waals surface area contributed by atoms with E-state index in [2.05, 4.69) is 20.5 Å². The lowest BCUT2D eigenvalue weighted by molar-refractivity contribution is -0.177. The van der Waals surface area contributed by atoms with E-state index in [0.717, 1.165) is 0 Å². The monoisotopic (exact) mass is 305 g/mol. The summed E-state index contributed by atoms with van der Waals surface area (Å²) in [6, 6.07) is 10.7. The molecule has 7 nitrogen and oxygen atoms in total.